The molecule has 0 aromatic heterocycles. The van der Waals surface area contributed by atoms with Crippen LogP contribution in [0.3, 0.4) is 0 Å². The molecule has 0 bridgehead atoms. The molecule has 1 aliphatic rings. The number of carbonyl (C=O) groups excluding carboxylic acids is 1. The van der Waals surface area contributed by atoms with Gasteiger partial charge in [0, 0.05) is 11.3 Å². The van der Waals surface area contributed by atoms with E-state index in [0.717, 1.165) is 27.9 Å². The van der Waals surface area contributed by atoms with Crippen molar-refractivity contribution in [3.63, 3.8) is 0 Å². The van der Waals surface area contributed by atoms with E-state index >= 15 is 0 Å². The summed E-state index contributed by atoms with van der Waals surface area (Å²) in [5, 5.41) is 17.8. The Morgan fingerprint density at radius 2 is 1.23 bits per heavy atom. The third-order valence-electron chi connectivity index (χ3n) is 6.25. The van der Waals surface area contributed by atoms with Gasteiger partial charge in [-0.15, -0.1) is 10.5 Å². The van der Waals surface area contributed by atoms with E-state index in [4.69, 9.17) is 20.0 Å². The smallest absolute Gasteiger partial charge is 0.292 e. The van der Waals surface area contributed by atoms with Gasteiger partial charge in [-0.3, -0.25) is 9.69 Å². The van der Waals surface area contributed by atoms with E-state index in [1.807, 2.05) is 79.7 Å². The van der Waals surface area contributed by atoms with Crippen LogP contribution in [0.1, 0.15) is 32.6 Å². The van der Waals surface area contributed by atoms with Gasteiger partial charge in [0.25, 0.3) is 18.4 Å². The summed E-state index contributed by atoms with van der Waals surface area (Å²) < 4.78 is 10.00. The fraction of sp³-hybridized carbons (Fsp3) is 0.0690. The Morgan fingerprint density at radius 1 is 0.714 bits per heavy atom. The number of anilines is 1. The number of hydrogen-bond donors (Lipinski definition) is 0. The summed E-state index contributed by atoms with van der Waals surface area (Å²) in [5.74, 6) is 0.687. The molecule has 6 nitrogen and oxygen atoms in total. The number of fused-ring (bicyclic) bond motifs is 1. The maximum Gasteiger partial charge on any atom is 0.292 e. The van der Waals surface area contributed by atoms with Crippen molar-refractivity contribution < 1.29 is 14.3 Å². The molecule has 0 N–H and O–H groups in total. The van der Waals surface area contributed by atoms with E-state index in [9.17, 15) is 4.79 Å². The summed E-state index contributed by atoms with van der Waals surface area (Å²) in [5.41, 5.74) is 3.87. The molecule has 0 saturated heterocycles. The molecule has 1 heterocycles. The van der Waals surface area contributed by atoms with Crippen molar-refractivity contribution in [1.82, 2.24) is 0 Å². The average molecular weight is 457 g/mol. The largest absolute Gasteiger partial charge is 0.388 e. The third-order valence-corrected chi connectivity index (χ3v) is 6.25. The topological polar surface area (TPSA) is 86.3 Å². The van der Waals surface area contributed by atoms with E-state index in [1.165, 1.54) is 0 Å². The summed E-state index contributed by atoms with van der Waals surface area (Å²) in [6, 6.07) is 29.7. The molecule has 1 amide bonds. The first-order valence-corrected chi connectivity index (χ1v) is 10.9. The summed E-state index contributed by atoms with van der Waals surface area (Å²) >= 11 is 0. The van der Waals surface area contributed by atoms with E-state index in [0.29, 0.717) is 17.1 Å². The number of rotatable bonds is 5. The fourth-order valence-corrected chi connectivity index (χ4v) is 4.75. The van der Waals surface area contributed by atoms with Gasteiger partial charge in [0.15, 0.2) is 0 Å². The minimum Gasteiger partial charge on any atom is -0.388 e. The van der Waals surface area contributed by atoms with Crippen LogP contribution in [0.15, 0.2) is 97.1 Å². The van der Waals surface area contributed by atoms with E-state index < -0.39 is 5.54 Å². The average Bonchev–Trinajstić information content (AvgIpc) is 3.15. The molecule has 168 valence electrons. The summed E-state index contributed by atoms with van der Waals surface area (Å²) in [7, 11) is 0. The highest BCUT2D eigenvalue weighted by atomic mass is 16.5. The lowest BCUT2D eigenvalue weighted by molar-refractivity contribution is 0.0986. The lowest BCUT2D eigenvalue weighted by Gasteiger charge is -2.40. The fourth-order valence-electron chi connectivity index (χ4n) is 4.75. The van der Waals surface area contributed by atoms with Crippen LogP contribution >= 0.6 is 0 Å². The van der Waals surface area contributed by atoms with Crippen molar-refractivity contribution in [2.45, 2.75) is 12.5 Å². The van der Waals surface area contributed by atoms with Crippen molar-refractivity contribution in [2.75, 3.05) is 4.90 Å². The Morgan fingerprint density at radius 3 is 1.74 bits per heavy atom. The molecule has 0 spiro atoms. The number of carbonyl (C=O) groups is 1. The Bertz CT molecular complexity index is 1420. The molecule has 6 heteroatoms. The van der Waals surface area contributed by atoms with Crippen LogP contribution in [0.5, 0.6) is 11.5 Å². The maximum atomic E-state index is 14.0. The second-order valence-corrected chi connectivity index (χ2v) is 8.17. The molecule has 4 aromatic rings. The van der Waals surface area contributed by atoms with E-state index in [-0.39, 0.29) is 5.91 Å². The SMILES string of the molecule is Cc1ccc(N2C(=O)c3ccccc3C2(c2ccc(OC#N)cc2)c2ccc(OC#N)cc2)cc1. The summed E-state index contributed by atoms with van der Waals surface area (Å²) in [6.45, 7) is 2.00. The normalized spacial score (nSPS) is 13.5. The standard InChI is InChI=1S/C29H19N3O3/c1-20-6-12-23(13-7-20)32-28(33)26-4-2-3-5-27(26)29(32,21-8-14-24(15-9-21)34-18-30)22-10-16-25(17-11-22)35-19-31/h2-17H,1H3. The molecule has 35 heavy (non-hydrogen) atoms. The van der Waals surface area contributed by atoms with Gasteiger partial charge < -0.3 is 9.47 Å². The van der Waals surface area contributed by atoms with Gasteiger partial charge in [0.2, 0.25) is 0 Å². The van der Waals surface area contributed by atoms with Crippen LogP contribution in [0, 0.1) is 30.0 Å². The van der Waals surface area contributed by atoms with Crippen LogP contribution in [0.2, 0.25) is 0 Å². The van der Waals surface area contributed by atoms with Gasteiger partial charge in [0.1, 0.15) is 17.0 Å². The minimum atomic E-state index is -1.01. The lowest BCUT2D eigenvalue weighted by atomic mass is 9.76. The van der Waals surface area contributed by atoms with Crippen LogP contribution in [-0.4, -0.2) is 5.91 Å². The first-order valence-electron chi connectivity index (χ1n) is 10.9. The minimum absolute atomic E-state index is 0.126. The molecular formula is C29H19N3O3. The van der Waals surface area contributed by atoms with Gasteiger partial charge in [-0.1, -0.05) is 60.2 Å². The third kappa shape index (κ3) is 3.45. The molecule has 0 radical (unpaired) electrons. The van der Waals surface area contributed by atoms with Gasteiger partial charge in [-0.25, -0.2) is 0 Å². The van der Waals surface area contributed by atoms with Crippen molar-refractivity contribution >= 4 is 11.6 Å². The Hall–Kier alpha value is -5.07. The zero-order chi connectivity index (χ0) is 24.4. The monoisotopic (exact) mass is 457 g/mol. The van der Waals surface area contributed by atoms with Crippen LogP contribution in [-0.2, 0) is 5.54 Å². The van der Waals surface area contributed by atoms with E-state index in [2.05, 4.69) is 0 Å². The van der Waals surface area contributed by atoms with E-state index in [1.54, 1.807) is 41.7 Å². The molecule has 0 aliphatic carbocycles. The van der Waals surface area contributed by atoms with Gasteiger partial charge in [-0.2, -0.15) is 0 Å². The molecule has 0 unspecified atom stereocenters. The number of nitriles is 2. The second-order valence-electron chi connectivity index (χ2n) is 8.17. The molecule has 4 aromatic carbocycles. The second kappa shape index (κ2) is 8.70. The highest BCUT2D eigenvalue weighted by Gasteiger charge is 2.52. The molecule has 0 atom stereocenters. The van der Waals surface area contributed by atoms with Crippen LogP contribution in [0.25, 0.3) is 0 Å². The predicted molar refractivity (Wildman–Crippen MR) is 130 cm³/mol. The molecule has 0 saturated carbocycles. The zero-order valence-electron chi connectivity index (χ0n) is 18.8. The Kier molecular flexibility index (Phi) is 5.41. The predicted octanol–water partition coefficient (Wildman–Crippen LogP) is 5.67. The van der Waals surface area contributed by atoms with Crippen LogP contribution in [0.4, 0.5) is 5.69 Å². The Balaban J connectivity index is 1.83. The number of nitrogens with zero attached hydrogens (tertiary/aromatic N) is 3. The van der Waals surface area contributed by atoms with Gasteiger partial charge >= 0.3 is 0 Å². The quantitative estimate of drug-likeness (QED) is 0.361. The summed E-state index contributed by atoms with van der Waals surface area (Å²) in [6.07, 6.45) is 3.38. The zero-order valence-corrected chi connectivity index (χ0v) is 18.8. The molecular weight excluding hydrogens is 438 g/mol. The highest BCUT2D eigenvalue weighted by molar-refractivity contribution is 6.13. The number of aryl methyl sites for hydroxylation is 1. The van der Waals surface area contributed by atoms with Crippen LogP contribution < -0.4 is 14.4 Å². The molecule has 1 aliphatic heterocycles. The van der Waals surface area contributed by atoms with Crippen molar-refractivity contribution in [3.8, 4) is 24.0 Å². The Labute approximate surface area is 202 Å². The van der Waals surface area contributed by atoms with Crippen molar-refractivity contribution in [2.24, 2.45) is 0 Å². The van der Waals surface area contributed by atoms with Gasteiger partial charge in [0.05, 0.1) is 0 Å². The number of hydrogen-bond acceptors (Lipinski definition) is 5. The maximum absolute atomic E-state index is 14.0. The number of benzene rings is 4. The molecule has 5 rings (SSSR count). The first-order chi connectivity index (χ1) is 17.1. The first kappa shape index (κ1) is 21.8. The lowest BCUT2D eigenvalue weighted by Crippen LogP contribution is -2.46. The van der Waals surface area contributed by atoms with Crippen molar-refractivity contribution in [1.29, 1.82) is 10.5 Å². The summed E-state index contributed by atoms with van der Waals surface area (Å²) in [4.78, 5) is 15.8. The van der Waals surface area contributed by atoms with Crippen molar-refractivity contribution in [3.05, 3.63) is 125 Å². The number of ether oxygens (including phenoxy) is 2. The van der Waals surface area contributed by atoms with Gasteiger partial charge in [-0.05, 0) is 66.1 Å². The highest BCUT2D eigenvalue weighted by Crippen LogP contribution is 2.51. The number of amides is 1. The molecule has 0 fully saturated rings.